The molecule has 0 aliphatic rings. The van der Waals surface area contributed by atoms with E-state index >= 15 is 0 Å². The summed E-state index contributed by atoms with van der Waals surface area (Å²) in [6.07, 6.45) is 4.59. The fraction of sp³-hybridized carbons (Fsp3) is 0.111. The Hall–Kier alpha value is -4.30. The minimum Gasteiger partial charge on any atom is -0.437 e. The minimum absolute atomic E-state index is 0.147. The number of rotatable bonds is 7. The molecule has 2 amide bonds. The maximum Gasteiger partial charge on any atom is 0.248 e. The molecule has 0 spiro atoms. The Balaban J connectivity index is 1.47. The van der Waals surface area contributed by atoms with Crippen LogP contribution in [-0.2, 0) is 9.59 Å². The molecule has 0 saturated carbocycles. The first-order valence-electron chi connectivity index (χ1n) is 10.9. The highest BCUT2D eigenvalue weighted by atomic mass is 32.1. The number of hydrogen-bond donors (Lipinski definition) is 1. The van der Waals surface area contributed by atoms with E-state index in [0.717, 1.165) is 16.8 Å². The number of aryl methyl sites for hydroxylation is 1. The zero-order chi connectivity index (χ0) is 24.8. The van der Waals surface area contributed by atoms with Crippen molar-refractivity contribution in [2.75, 3.05) is 10.2 Å². The van der Waals surface area contributed by atoms with Crippen LogP contribution in [0, 0.1) is 13.8 Å². The van der Waals surface area contributed by atoms with Crippen molar-refractivity contribution in [1.29, 1.82) is 0 Å². The molecule has 35 heavy (non-hydrogen) atoms. The molecular formula is C27H24N4O3S. The number of carbonyl (C=O) groups is 2. The van der Waals surface area contributed by atoms with Crippen LogP contribution in [0.3, 0.4) is 0 Å². The molecule has 7 nitrogen and oxygen atoms in total. The van der Waals surface area contributed by atoms with Gasteiger partial charge in [0.1, 0.15) is 11.4 Å². The molecule has 4 rings (SSSR count). The van der Waals surface area contributed by atoms with Crippen LogP contribution < -0.4 is 15.0 Å². The molecule has 2 heterocycles. The Morgan fingerprint density at radius 2 is 1.83 bits per heavy atom. The summed E-state index contributed by atoms with van der Waals surface area (Å²) < 4.78 is 5.98. The normalized spacial score (nSPS) is 10.8. The third-order valence-electron chi connectivity index (χ3n) is 5.23. The number of anilines is 3. The molecule has 0 bridgehead atoms. The van der Waals surface area contributed by atoms with Gasteiger partial charge in [0.25, 0.3) is 0 Å². The number of para-hydroxylation sites is 1. The first-order chi connectivity index (χ1) is 16.9. The molecule has 4 aromatic rings. The van der Waals surface area contributed by atoms with E-state index in [2.05, 4.69) is 15.3 Å². The van der Waals surface area contributed by atoms with E-state index in [0.29, 0.717) is 28.1 Å². The lowest BCUT2D eigenvalue weighted by Gasteiger charge is -2.17. The van der Waals surface area contributed by atoms with Crippen molar-refractivity contribution in [2.45, 2.75) is 20.8 Å². The van der Waals surface area contributed by atoms with Crippen LogP contribution in [0.1, 0.15) is 23.7 Å². The summed E-state index contributed by atoms with van der Waals surface area (Å²) in [5.74, 6) is 0.480. The molecule has 0 radical (unpaired) electrons. The van der Waals surface area contributed by atoms with E-state index in [9.17, 15) is 9.59 Å². The fourth-order valence-electron chi connectivity index (χ4n) is 3.30. The number of ether oxygens (including phenoxy) is 1. The summed E-state index contributed by atoms with van der Waals surface area (Å²) in [6.45, 7) is 5.47. The van der Waals surface area contributed by atoms with E-state index in [-0.39, 0.29) is 11.8 Å². The third-order valence-corrected chi connectivity index (χ3v) is 6.07. The molecule has 0 aliphatic heterocycles. The van der Waals surface area contributed by atoms with Crippen molar-refractivity contribution in [3.8, 4) is 11.6 Å². The highest BCUT2D eigenvalue weighted by Crippen LogP contribution is 2.31. The van der Waals surface area contributed by atoms with Gasteiger partial charge in [0.05, 0.1) is 11.4 Å². The summed E-state index contributed by atoms with van der Waals surface area (Å²) in [6, 6.07) is 18.5. The van der Waals surface area contributed by atoms with Gasteiger partial charge in [-0.2, -0.15) is 0 Å². The Labute approximate surface area is 207 Å². The average molecular weight is 485 g/mol. The molecule has 0 saturated heterocycles. The second-order valence-electron chi connectivity index (χ2n) is 7.72. The highest BCUT2D eigenvalue weighted by molar-refractivity contribution is 7.14. The molecule has 2 aromatic heterocycles. The average Bonchev–Trinajstić information content (AvgIpc) is 3.31. The summed E-state index contributed by atoms with van der Waals surface area (Å²) in [7, 11) is 0. The van der Waals surface area contributed by atoms with Crippen molar-refractivity contribution in [3.05, 3.63) is 95.1 Å². The van der Waals surface area contributed by atoms with E-state index in [1.807, 2.05) is 62.4 Å². The molecule has 0 fully saturated rings. The minimum atomic E-state index is -0.357. The maximum atomic E-state index is 12.6. The van der Waals surface area contributed by atoms with E-state index < -0.39 is 0 Å². The van der Waals surface area contributed by atoms with E-state index in [1.165, 1.54) is 29.2 Å². The number of hydrogen-bond acceptors (Lipinski definition) is 6. The Morgan fingerprint density at radius 1 is 1.03 bits per heavy atom. The monoisotopic (exact) mass is 484 g/mol. The van der Waals surface area contributed by atoms with Crippen LogP contribution in [0.5, 0.6) is 11.6 Å². The van der Waals surface area contributed by atoms with Gasteiger partial charge in [-0.25, -0.2) is 9.97 Å². The largest absolute Gasteiger partial charge is 0.437 e. The van der Waals surface area contributed by atoms with Crippen LogP contribution >= 0.6 is 11.3 Å². The number of carbonyl (C=O) groups excluding carboxylic acids is 2. The first kappa shape index (κ1) is 23.8. The quantitative estimate of drug-likeness (QED) is 0.312. The molecule has 1 N–H and O–H groups in total. The number of nitrogens with one attached hydrogen (secondary N) is 1. The maximum absolute atomic E-state index is 12.6. The smallest absolute Gasteiger partial charge is 0.248 e. The number of amides is 2. The van der Waals surface area contributed by atoms with Gasteiger partial charge >= 0.3 is 0 Å². The predicted molar refractivity (Wildman–Crippen MR) is 139 cm³/mol. The highest BCUT2D eigenvalue weighted by Gasteiger charge is 2.17. The molecule has 0 atom stereocenters. The second-order valence-corrected chi connectivity index (χ2v) is 8.56. The Morgan fingerprint density at radius 3 is 2.60 bits per heavy atom. The van der Waals surface area contributed by atoms with Gasteiger partial charge in [-0.05, 0) is 61.4 Å². The van der Waals surface area contributed by atoms with E-state index in [4.69, 9.17) is 4.74 Å². The lowest BCUT2D eigenvalue weighted by Crippen LogP contribution is -2.22. The molecule has 8 heteroatoms. The van der Waals surface area contributed by atoms with Gasteiger partial charge < -0.3 is 10.1 Å². The van der Waals surface area contributed by atoms with Gasteiger partial charge in [-0.15, -0.1) is 11.3 Å². The predicted octanol–water partition coefficient (Wildman–Crippen LogP) is 6.28. The Bertz CT molecular complexity index is 1380. The fourth-order valence-corrected chi connectivity index (χ4v) is 4.16. The first-order valence-corrected chi connectivity index (χ1v) is 11.8. The second kappa shape index (κ2) is 10.8. The van der Waals surface area contributed by atoms with Crippen molar-refractivity contribution < 1.29 is 14.3 Å². The van der Waals surface area contributed by atoms with Crippen LogP contribution in [0.15, 0.2) is 78.3 Å². The summed E-state index contributed by atoms with van der Waals surface area (Å²) in [4.78, 5) is 35.1. The SMILES string of the molecule is CC(=O)N(c1ccccc1)c1nc(/C=C/C(=O)Nc2cccnc2Oc2cccc(C)c2C)cs1. The summed E-state index contributed by atoms with van der Waals surface area (Å²) in [5.41, 5.74) is 3.86. The van der Waals surface area contributed by atoms with Crippen molar-refractivity contribution in [2.24, 2.45) is 0 Å². The number of thiazole rings is 1. The standard InChI is InChI=1S/C27H24N4O3S/c1-18-9-7-13-24(19(18)2)34-26-23(12-8-16-28-26)30-25(33)15-14-21-17-35-27(29-21)31(20(3)32)22-10-5-4-6-11-22/h4-17H,1-3H3,(H,30,33)/b15-14+. The topological polar surface area (TPSA) is 84.4 Å². The molecule has 2 aromatic carbocycles. The summed E-state index contributed by atoms with van der Waals surface area (Å²) in [5, 5.41) is 5.12. The molecular weight excluding hydrogens is 460 g/mol. The molecule has 176 valence electrons. The molecule has 0 aliphatic carbocycles. The van der Waals surface area contributed by atoms with Gasteiger partial charge in [-0.3, -0.25) is 14.5 Å². The van der Waals surface area contributed by atoms with Crippen LogP contribution in [0.2, 0.25) is 0 Å². The van der Waals surface area contributed by atoms with Gasteiger partial charge in [-0.1, -0.05) is 30.3 Å². The van der Waals surface area contributed by atoms with Gasteiger partial charge in [0.15, 0.2) is 5.13 Å². The van der Waals surface area contributed by atoms with Gasteiger partial charge in [0.2, 0.25) is 17.7 Å². The van der Waals surface area contributed by atoms with Crippen LogP contribution in [-0.4, -0.2) is 21.8 Å². The van der Waals surface area contributed by atoms with Crippen molar-refractivity contribution in [1.82, 2.24) is 9.97 Å². The van der Waals surface area contributed by atoms with Gasteiger partial charge in [0, 0.05) is 24.6 Å². The number of nitrogens with zero attached hydrogens (tertiary/aromatic N) is 3. The number of benzene rings is 2. The number of aromatic nitrogens is 2. The number of pyridine rings is 1. The van der Waals surface area contributed by atoms with Crippen molar-refractivity contribution >= 4 is 45.7 Å². The lowest BCUT2D eigenvalue weighted by molar-refractivity contribution is -0.116. The van der Waals surface area contributed by atoms with Crippen molar-refractivity contribution in [3.63, 3.8) is 0 Å². The van der Waals surface area contributed by atoms with Crippen LogP contribution in [0.4, 0.5) is 16.5 Å². The molecule has 0 unspecified atom stereocenters. The van der Waals surface area contributed by atoms with E-state index in [1.54, 1.807) is 29.8 Å². The zero-order valence-electron chi connectivity index (χ0n) is 19.6. The Kier molecular flexibility index (Phi) is 7.32. The lowest BCUT2D eigenvalue weighted by atomic mass is 10.1. The van der Waals surface area contributed by atoms with Crippen LogP contribution in [0.25, 0.3) is 6.08 Å². The zero-order valence-corrected chi connectivity index (χ0v) is 20.4. The third kappa shape index (κ3) is 5.80. The summed E-state index contributed by atoms with van der Waals surface area (Å²) >= 11 is 1.32.